The van der Waals surface area contributed by atoms with Crippen LogP contribution >= 0.6 is 0 Å². The first-order chi connectivity index (χ1) is 18.0. The van der Waals surface area contributed by atoms with E-state index in [0.29, 0.717) is 36.1 Å². The number of hydrogen-bond donors (Lipinski definition) is 4. The van der Waals surface area contributed by atoms with E-state index in [1.54, 1.807) is 0 Å². The number of amides is 1. The molecule has 206 valence electrons. The van der Waals surface area contributed by atoms with E-state index in [0.717, 1.165) is 63.1 Å². The van der Waals surface area contributed by atoms with E-state index in [4.69, 9.17) is 9.72 Å². The van der Waals surface area contributed by atoms with Crippen molar-refractivity contribution in [2.24, 2.45) is 11.8 Å². The van der Waals surface area contributed by atoms with Gasteiger partial charge in [0.1, 0.15) is 5.82 Å². The first-order valence-electron chi connectivity index (χ1n) is 15.1. The van der Waals surface area contributed by atoms with Gasteiger partial charge in [0.2, 0.25) is 5.91 Å². The van der Waals surface area contributed by atoms with Crippen molar-refractivity contribution in [3.8, 4) is 0 Å². The van der Waals surface area contributed by atoms with Gasteiger partial charge in [0.15, 0.2) is 5.69 Å². The van der Waals surface area contributed by atoms with Crippen molar-refractivity contribution in [1.82, 2.24) is 25.9 Å². The Balaban J connectivity index is 1.38. The molecule has 3 heterocycles. The van der Waals surface area contributed by atoms with Crippen molar-refractivity contribution in [2.75, 3.05) is 13.2 Å². The summed E-state index contributed by atoms with van der Waals surface area (Å²) in [4.78, 5) is 34.9. The molecule has 4 unspecified atom stereocenters. The number of hydrogen-bond acceptors (Lipinski definition) is 6. The molecule has 4 aliphatic rings. The average Bonchev–Trinajstić information content (AvgIpc) is 3.55. The normalized spacial score (nSPS) is 32.9. The molecule has 5 atom stereocenters. The third-order valence-corrected chi connectivity index (χ3v) is 9.40. The van der Waals surface area contributed by atoms with Crippen LogP contribution in [0, 0.1) is 11.8 Å². The van der Waals surface area contributed by atoms with E-state index in [9.17, 15) is 9.59 Å². The highest BCUT2D eigenvalue weighted by atomic mass is 16.5. The summed E-state index contributed by atoms with van der Waals surface area (Å²) in [6.45, 7) is 5.47. The zero-order valence-electron chi connectivity index (χ0n) is 22.8. The number of aromatic nitrogens is 2. The minimum Gasteiger partial charge on any atom is -0.461 e. The Hall–Kier alpha value is -1.93. The SMILES string of the molecule is CCOC(=O)c1nc([C@H](CC2CCCCN2)NC(=O)C2CC3CCCCC3N2)[nH]c1C1CCC(C)CC1. The highest BCUT2D eigenvalue weighted by molar-refractivity contribution is 5.89. The molecule has 1 aromatic heterocycles. The minimum atomic E-state index is -0.360. The van der Waals surface area contributed by atoms with Crippen molar-refractivity contribution in [1.29, 1.82) is 0 Å². The van der Waals surface area contributed by atoms with Gasteiger partial charge in [-0.1, -0.05) is 39.0 Å². The van der Waals surface area contributed by atoms with E-state index in [1.165, 1.54) is 38.5 Å². The van der Waals surface area contributed by atoms with Gasteiger partial charge in [-0.3, -0.25) is 4.79 Å². The lowest BCUT2D eigenvalue weighted by Gasteiger charge is -2.28. The zero-order valence-corrected chi connectivity index (χ0v) is 22.8. The smallest absolute Gasteiger partial charge is 0.358 e. The van der Waals surface area contributed by atoms with Crippen LogP contribution in [0.15, 0.2) is 0 Å². The third-order valence-electron chi connectivity index (χ3n) is 9.40. The minimum absolute atomic E-state index is 0.0670. The number of carbonyl (C=O) groups is 2. The van der Waals surface area contributed by atoms with Crippen molar-refractivity contribution in [2.45, 2.75) is 127 Å². The second-order valence-corrected chi connectivity index (χ2v) is 12.1. The Kier molecular flexibility index (Phi) is 8.86. The van der Waals surface area contributed by atoms with Crippen LogP contribution in [0.1, 0.15) is 131 Å². The maximum absolute atomic E-state index is 13.6. The van der Waals surface area contributed by atoms with Gasteiger partial charge in [0.25, 0.3) is 0 Å². The molecule has 37 heavy (non-hydrogen) atoms. The highest BCUT2D eigenvalue weighted by Gasteiger charge is 2.39. The molecule has 4 N–H and O–H groups in total. The fraction of sp³-hybridized carbons (Fsp3) is 0.828. The number of carbonyl (C=O) groups excluding carboxylic acids is 2. The van der Waals surface area contributed by atoms with Crippen LogP contribution in [-0.4, -0.2) is 53.1 Å². The molecule has 8 heteroatoms. The van der Waals surface area contributed by atoms with Crippen LogP contribution in [0.3, 0.4) is 0 Å². The number of esters is 1. The Labute approximate surface area is 221 Å². The number of nitrogens with one attached hydrogen (secondary N) is 4. The van der Waals surface area contributed by atoms with E-state index in [-0.39, 0.29) is 29.9 Å². The molecule has 4 fully saturated rings. The van der Waals surface area contributed by atoms with Gasteiger partial charge in [-0.15, -0.1) is 0 Å². The van der Waals surface area contributed by atoms with Gasteiger partial charge in [-0.25, -0.2) is 9.78 Å². The topological polar surface area (TPSA) is 108 Å². The van der Waals surface area contributed by atoms with Crippen LogP contribution in [0.2, 0.25) is 0 Å². The summed E-state index contributed by atoms with van der Waals surface area (Å²) in [6, 6.07) is 0.390. The summed E-state index contributed by atoms with van der Waals surface area (Å²) in [7, 11) is 0. The Morgan fingerprint density at radius 1 is 1.05 bits per heavy atom. The highest BCUT2D eigenvalue weighted by Crippen LogP contribution is 2.38. The molecule has 0 spiro atoms. The molecule has 0 radical (unpaired) electrons. The number of fused-ring (bicyclic) bond motifs is 1. The van der Waals surface area contributed by atoms with Gasteiger partial charge in [0.05, 0.1) is 24.4 Å². The molecule has 2 saturated heterocycles. The molecular formula is C29H47N5O3. The number of aromatic amines is 1. The standard InChI is InChI=1S/C29H47N5O3/c1-3-37-29(36)26-25(19-13-11-18(2)12-14-19)33-27(34-26)23(17-21-9-6-7-15-30-21)32-28(35)24-16-20-8-4-5-10-22(20)31-24/h18-24,30-31H,3-17H2,1-2H3,(H,32,35)(H,33,34)/t18?,19?,20?,21?,22?,23-,24?/m0/s1. The molecule has 1 aromatic rings. The number of nitrogens with zero attached hydrogens (tertiary/aromatic N) is 1. The lowest BCUT2D eigenvalue weighted by atomic mass is 9.81. The molecule has 2 aliphatic heterocycles. The molecule has 1 amide bonds. The van der Waals surface area contributed by atoms with Crippen molar-refractivity contribution < 1.29 is 14.3 Å². The molecule has 0 bridgehead atoms. The number of rotatable bonds is 8. The van der Waals surface area contributed by atoms with Crippen LogP contribution in [0.25, 0.3) is 0 Å². The van der Waals surface area contributed by atoms with Crippen molar-refractivity contribution in [3.05, 3.63) is 17.2 Å². The molecular weight excluding hydrogens is 466 g/mol. The van der Waals surface area contributed by atoms with Crippen molar-refractivity contribution in [3.63, 3.8) is 0 Å². The van der Waals surface area contributed by atoms with Gasteiger partial charge < -0.3 is 25.7 Å². The number of H-pyrrole nitrogens is 1. The number of imidazole rings is 1. The summed E-state index contributed by atoms with van der Waals surface area (Å²) < 4.78 is 5.41. The summed E-state index contributed by atoms with van der Waals surface area (Å²) in [5.41, 5.74) is 1.32. The Morgan fingerprint density at radius 2 is 1.84 bits per heavy atom. The maximum atomic E-state index is 13.6. The summed E-state index contributed by atoms with van der Waals surface area (Å²) in [5, 5.41) is 10.6. The average molecular weight is 514 g/mol. The van der Waals surface area contributed by atoms with Gasteiger partial charge in [0, 0.05) is 18.0 Å². The molecule has 5 rings (SSSR count). The monoisotopic (exact) mass is 513 g/mol. The fourth-order valence-electron chi connectivity index (χ4n) is 7.21. The van der Waals surface area contributed by atoms with Crippen LogP contribution < -0.4 is 16.0 Å². The first kappa shape index (κ1) is 26.7. The predicted octanol–water partition coefficient (Wildman–Crippen LogP) is 4.49. The van der Waals surface area contributed by atoms with Crippen molar-refractivity contribution >= 4 is 11.9 Å². The second kappa shape index (κ2) is 12.3. The third kappa shape index (κ3) is 6.39. The van der Waals surface area contributed by atoms with E-state index < -0.39 is 0 Å². The lowest BCUT2D eigenvalue weighted by Crippen LogP contribution is -2.46. The van der Waals surface area contributed by atoms with Crippen LogP contribution in [-0.2, 0) is 9.53 Å². The fourth-order valence-corrected chi connectivity index (χ4v) is 7.21. The maximum Gasteiger partial charge on any atom is 0.358 e. The molecule has 8 nitrogen and oxygen atoms in total. The summed E-state index contributed by atoms with van der Waals surface area (Å²) in [6.07, 6.45) is 14.5. The van der Waals surface area contributed by atoms with Gasteiger partial charge in [-0.05, 0) is 76.7 Å². The molecule has 2 aliphatic carbocycles. The Morgan fingerprint density at radius 3 is 2.57 bits per heavy atom. The molecule has 0 aromatic carbocycles. The van der Waals surface area contributed by atoms with E-state index in [2.05, 4.69) is 27.9 Å². The van der Waals surface area contributed by atoms with Crippen LogP contribution in [0.4, 0.5) is 0 Å². The van der Waals surface area contributed by atoms with Gasteiger partial charge in [-0.2, -0.15) is 0 Å². The Bertz CT molecular complexity index is 905. The van der Waals surface area contributed by atoms with E-state index >= 15 is 0 Å². The number of piperidine rings is 1. The first-order valence-corrected chi connectivity index (χ1v) is 15.1. The second-order valence-electron chi connectivity index (χ2n) is 12.1. The number of ether oxygens (including phenoxy) is 1. The zero-order chi connectivity index (χ0) is 25.8. The summed E-state index contributed by atoms with van der Waals surface area (Å²) in [5.74, 6) is 2.02. The van der Waals surface area contributed by atoms with E-state index in [1.807, 2.05) is 6.92 Å². The largest absolute Gasteiger partial charge is 0.461 e. The predicted molar refractivity (Wildman–Crippen MR) is 143 cm³/mol. The summed E-state index contributed by atoms with van der Waals surface area (Å²) >= 11 is 0. The van der Waals surface area contributed by atoms with Gasteiger partial charge >= 0.3 is 5.97 Å². The lowest BCUT2D eigenvalue weighted by molar-refractivity contribution is -0.123. The van der Waals surface area contributed by atoms with Crippen LogP contribution in [0.5, 0.6) is 0 Å². The molecule has 2 saturated carbocycles. The quantitative estimate of drug-likeness (QED) is 0.382.